The maximum atomic E-state index is 11.0. The molecule has 126 valence electrons. The average molecular weight is 328 g/mol. The second-order valence-corrected chi connectivity index (χ2v) is 4.96. The fourth-order valence-corrected chi connectivity index (χ4v) is 2.05. The fraction of sp³-hybridized carbons (Fsp3) is 0.176. The van der Waals surface area contributed by atoms with E-state index in [1.54, 1.807) is 50.6 Å². The molecular weight excluding hydrogens is 308 g/mol. The molecule has 1 amide bonds. The molecule has 0 spiro atoms. The molecular formula is C17H20N4O3. The number of benzene rings is 2. The minimum Gasteiger partial charge on any atom is -0.493 e. The summed E-state index contributed by atoms with van der Waals surface area (Å²) in [5.41, 5.74) is 13.2. The van der Waals surface area contributed by atoms with Crippen molar-refractivity contribution in [3.8, 4) is 11.5 Å². The highest BCUT2D eigenvalue weighted by molar-refractivity contribution is 5.93. The van der Waals surface area contributed by atoms with Gasteiger partial charge < -0.3 is 26.3 Å². The van der Waals surface area contributed by atoms with Gasteiger partial charge in [0.2, 0.25) is 5.91 Å². The number of hydrogen-bond acceptors (Lipinski definition) is 4. The van der Waals surface area contributed by atoms with Crippen LogP contribution in [0.25, 0.3) is 0 Å². The zero-order chi connectivity index (χ0) is 17.5. The van der Waals surface area contributed by atoms with E-state index in [4.69, 9.17) is 20.9 Å². The molecule has 2 aromatic rings. The Balaban J connectivity index is 2.02. The van der Waals surface area contributed by atoms with Gasteiger partial charge in [-0.15, -0.1) is 0 Å². The molecule has 7 nitrogen and oxygen atoms in total. The molecule has 5 N–H and O–H groups in total. The predicted molar refractivity (Wildman–Crippen MR) is 93.5 cm³/mol. The van der Waals surface area contributed by atoms with Gasteiger partial charge in [-0.05, 0) is 29.8 Å². The lowest BCUT2D eigenvalue weighted by molar-refractivity contribution is 0.100. The van der Waals surface area contributed by atoms with E-state index in [0.717, 1.165) is 11.3 Å². The molecule has 0 heterocycles. The molecule has 0 atom stereocenters. The Morgan fingerprint density at radius 2 is 1.71 bits per heavy atom. The van der Waals surface area contributed by atoms with Crippen LogP contribution in [0, 0.1) is 0 Å². The summed E-state index contributed by atoms with van der Waals surface area (Å²) < 4.78 is 10.4. The first-order valence-corrected chi connectivity index (χ1v) is 7.21. The molecule has 2 aromatic carbocycles. The molecule has 0 fully saturated rings. The normalized spacial score (nSPS) is 11.0. The standard InChI is InChI=1S/C17H20N4O3/c1-23-14-8-7-13(9-15(14)24-2)21-17(19)20-10-11-3-5-12(6-4-11)16(18)22/h3-9H,10H2,1-2H3,(H2,18,22)(H3,19,20,21). The van der Waals surface area contributed by atoms with Gasteiger partial charge in [0.15, 0.2) is 17.5 Å². The number of amides is 1. The van der Waals surface area contributed by atoms with Crippen molar-refractivity contribution in [2.75, 3.05) is 19.5 Å². The summed E-state index contributed by atoms with van der Waals surface area (Å²) in [4.78, 5) is 15.3. The SMILES string of the molecule is COc1ccc(NC(N)=NCc2ccc(C(N)=O)cc2)cc1OC. The van der Waals surface area contributed by atoms with Crippen molar-refractivity contribution >= 4 is 17.6 Å². The Morgan fingerprint density at radius 3 is 2.29 bits per heavy atom. The Morgan fingerprint density at radius 1 is 1.04 bits per heavy atom. The number of ether oxygens (including phenoxy) is 2. The number of hydrogen-bond donors (Lipinski definition) is 3. The molecule has 0 saturated heterocycles. The second-order valence-electron chi connectivity index (χ2n) is 4.96. The van der Waals surface area contributed by atoms with E-state index in [1.807, 2.05) is 6.07 Å². The van der Waals surface area contributed by atoms with Gasteiger partial charge in [-0.3, -0.25) is 4.79 Å². The van der Waals surface area contributed by atoms with E-state index in [0.29, 0.717) is 23.6 Å². The van der Waals surface area contributed by atoms with Gasteiger partial charge in [0, 0.05) is 17.3 Å². The minimum atomic E-state index is -0.459. The van der Waals surface area contributed by atoms with Crippen LogP contribution in [0.3, 0.4) is 0 Å². The van der Waals surface area contributed by atoms with E-state index < -0.39 is 5.91 Å². The third-order valence-corrected chi connectivity index (χ3v) is 3.33. The summed E-state index contributed by atoms with van der Waals surface area (Å²) in [6.45, 7) is 0.380. The van der Waals surface area contributed by atoms with Crippen LogP contribution in [0.15, 0.2) is 47.5 Å². The van der Waals surface area contributed by atoms with Crippen LogP contribution in [0.2, 0.25) is 0 Å². The van der Waals surface area contributed by atoms with Crippen LogP contribution in [0.4, 0.5) is 5.69 Å². The topological polar surface area (TPSA) is 112 Å². The maximum absolute atomic E-state index is 11.0. The molecule has 0 bridgehead atoms. The first kappa shape index (κ1) is 17.1. The van der Waals surface area contributed by atoms with Crippen LogP contribution >= 0.6 is 0 Å². The highest BCUT2D eigenvalue weighted by Gasteiger charge is 2.05. The Hall–Kier alpha value is -3.22. The lowest BCUT2D eigenvalue weighted by Gasteiger charge is -2.11. The fourth-order valence-electron chi connectivity index (χ4n) is 2.05. The summed E-state index contributed by atoms with van der Waals surface area (Å²) in [7, 11) is 3.14. The molecule has 0 unspecified atom stereocenters. The zero-order valence-electron chi connectivity index (χ0n) is 13.6. The van der Waals surface area contributed by atoms with Crippen molar-refractivity contribution in [1.82, 2.24) is 0 Å². The number of rotatable bonds is 6. The van der Waals surface area contributed by atoms with Gasteiger partial charge in [-0.2, -0.15) is 0 Å². The third-order valence-electron chi connectivity index (χ3n) is 3.33. The number of nitrogens with one attached hydrogen (secondary N) is 1. The molecule has 0 aromatic heterocycles. The van der Waals surface area contributed by atoms with Gasteiger partial charge in [-0.25, -0.2) is 4.99 Å². The van der Waals surface area contributed by atoms with Gasteiger partial charge in [0.25, 0.3) is 0 Å². The second kappa shape index (κ2) is 7.87. The third kappa shape index (κ3) is 4.39. The number of carbonyl (C=O) groups excluding carboxylic acids is 1. The summed E-state index contributed by atoms with van der Waals surface area (Å²) in [6.07, 6.45) is 0. The van der Waals surface area contributed by atoms with Crippen LogP contribution in [0.1, 0.15) is 15.9 Å². The largest absolute Gasteiger partial charge is 0.493 e. The van der Waals surface area contributed by atoms with Crippen molar-refractivity contribution in [1.29, 1.82) is 0 Å². The lowest BCUT2D eigenvalue weighted by Crippen LogP contribution is -2.22. The lowest BCUT2D eigenvalue weighted by atomic mass is 10.1. The number of guanidine groups is 1. The number of nitrogens with zero attached hydrogens (tertiary/aromatic N) is 1. The highest BCUT2D eigenvalue weighted by Crippen LogP contribution is 2.29. The summed E-state index contributed by atoms with van der Waals surface area (Å²) in [6, 6.07) is 12.2. The van der Waals surface area contributed by atoms with Crippen molar-refractivity contribution in [2.45, 2.75) is 6.54 Å². The molecule has 0 aliphatic heterocycles. The minimum absolute atomic E-state index is 0.265. The smallest absolute Gasteiger partial charge is 0.248 e. The quantitative estimate of drug-likeness (QED) is 0.552. The van der Waals surface area contributed by atoms with Crippen LogP contribution in [0.5, 0.6) is 11.5 Å². The maximum Gasteiger partial charge on any atom is 0.248 e. The van der Waals surface area contributed by atoms with Crippen LogP contribution < -0.4 is 26.3 Å². The molecule has 0 aliphatic carbocycles. The van der Waals surface area contributed by atoms with Gasteiger partial charge in [-0.1, -0.05) is 12.1 Å². The Kier molecular flexibility index (Phi) is 5.62. The highest BCUT2D eigenvalue weighted by atomic mass is 16.5. The number of anilines is 1. The van der Waals surface area contributed by atoms with Gasteiger partial charge in [0.1, 0.15) is 0 Å². The summed E-state index contributed by atoms with van der Waals surface area (Å²) in [5.74, 6) is 1.03. The molecule has 24 heavy (non-hydrogen) atoms. The molecule has 0 saturated carbocycles. The molecule has 2 rings (SSSR count). The zero-order valence-corrected chi connectivity index (χ0v) is 13.6. The molecule has 0 radical (unpaired) electrons. The van der Waals surface area contributed by atoms with Crippen LogP contribution in [-0.4, -0.2) is 26.1 Å². The van der Waals surface area contributed by atoms with Crippen LogP contribution in [-0.2, 0) is 6.54 Å². The Bertz CT molecular complexity index is 742. The van der Waals surface area contributed by atoms with E-state index in [9.17, 15) is 4.79 Å². The number of aliphatic imine (C=N–C) groups is 1. The first-order valence-electron chi connectivity index (χ1n) is 7.21. The van der Waals surface area contributed by atoms with Crippen molar-refractivity contribution < 1.29 is 14.3 Å². The Labute approximate surface area is 140 Å². The number of primary amides is 1. The van der Waals surface area contributed by atoms with Gasteiger partial charge >= 0.3 is 0 Å². The summed E-state index contributed by atoms with van der Waals surface area (Å²) >= 11 is 0. The van der Waals surface area contributed by atoms with Crippen molar-refractivity contribution in [2.24, 2.45) is 16.5 Å². The van der Waals surface area contributed by atoms with E-state index >= 15 is 0 Å². The van der Waals surface area contributed by atoms with Gasteiger partial charge in [0.05, 0.1) is 20.8 Å². The molecule has 0 aliphatic rings. The number of carbonyl (C=O) groups is 1. The van der Waals surface area contributed by atoms with E-state index in [1.165, 1.54) is 0 Å². The summed E-state index contributed by atoms with van der Waals surface area (Å²) in [5, 5.41) is 2.99. The number of nitrogens with two attached hydrogens (primary N) is 2. The number of methoxy groups -OCH3 is 2. The predicted octanol–water partition coefficient (Wildman–Crippen LogP) is 1.73. The average Bonchev–Trinajstić information content (AvgIpc) is 2.60. The van der Waals surface area contributed by atoms with E-state index in [2.05, 4.69) is 10.3 Å². The monoisotopic (exact) mass is 328 g/mol. The van der Waals surface area contributed by atoms with Crippen molar-refractivity contribution in [3.05, 3.63) is 53.6 Å². The first-order chi connectivity index (χ1) is 11.5. The molecule has 7 heteroatoms. The van der Waals surface area contributed by atoms with Crippen molar-refractivity contribution in [3.63, 3.8) is 0 Å². The van der Waals surface area contributed by atoms with E-state index in [-0.39, 0.29) is 5.96 Å².